The Morgan fingerprint density at radius 3 is 2.62 bits per heavy atom. The Hall–Kier alpha value is -2.22. The van der Waals surface area contributed by atoms with Crippen LogP contribution in [0.15, 0.2) is 36.5 Å². The molecule has 0 unspecified atom stereocenters. The van der Waals surface area contributed by atoms with Gasteiger partial charge in [-0.3, -0.25) is 0 Å². The molecular formula is C16H18FN3O3S. The van der Waals surface area contributed by atoms with E-state index in [-0.39, 0.29) is 11.1 Å². The maximum absolute atomic E-state index is 12.9. The zero-order valence-electron chi connectivity index (χ0n) is 13.1. The van der Waals surface area contributed by atoms with Gasteiger partial charge in [-0.15, -0.1) is 0 Å². The quantitative estimate of drug-likeness (QED) is 0.862. The first-order valence-corrected chi connectivity index (χ1v) is 9.55. The normalized spacial score (nSPS) is 20.2. The van der Waals surface area contributed by atoms with E-state index >= 15 is 0 Å². The highest BCUT2D eigenvalue weighted by atomic mass is 32.2. The molecule has 1 N–H and O–H groups in total. The predicted molar refractivity (Wildman–Crippen MR) is 88.4 cm³/mol. The second-order valence-corrected chi connectivity index (χ2v) is 8.27. The molecule has 0 saturated heterocycles. The Morgan fingerprint density at radius 1 is 1.25 bits per heavy atom. The SMILES string of the molecule is CS(=O)(=O)C1CC(CNc2nccc(Oc3ccc(F)cc3)n2)C1. The van der Waals surface area contributed by atoms with Crippen molar-refractivity contribution < 1.29 is 17.5 Å². The van der Waals surface area contributed by atoms with Crippen LogP contribution in [0.3, 0.4) is 0 Å². The third-order valence-electron chi connectivity index (χ3n) is 4.01. The minimum absolute atomic E-state index is 0.224. The zero-order chi connectivity index (χ0) is 17.2. The summed E-state index contributed by atoms with van der Waals surface area (Å²) in [5.74, 6) is 1.21. The smallest absolute Gasteiger partial charge is 0.225 e. The number of rotatable bonds is 6. The first-order chi connectivity index (χ1) is 11.4. The lowest BCUT2D eigenvalue weighted by molar-refractivity contribution is 0.332. The van der Waals surface area contributed by atoms with Gasteiger partial charge < -0.3 is 10.1 Å². The average molecular weight is 351 g/mol. The summed E-state index contributed by atoms with van der Waals surface area (Å²) in [6.07, 6.45) is 4.17. The van der Waals surface area contributed by atoms with E-state index in [4.69, 9.17) is 4.74 Å². The van der Waals surface area contributed by atoms with Crippen LogP contribution in [0.1, 0.15) is 12.8 Å². The van der Waals surface area contributed by atoms with Crippen LogP contribution in [0, 0.1) is 11.7 Å². The maximum Gasteiger partial charge on any atom is 0.225 e. The molecule has 0 aliphatic heterocycles. The summed E-state index contributed by atoms with van der Waals surface area (Å²) >= 11 is 0. The first kappa shape index (κ1) is 16.6. The number of hydrogen-bond donors (Lipinski definition) is 1. The third kappa shape index (κ3) is 4.19. The van der Waals surface area contributed by atoms with Gasteiger partial charge in [0.1, 0.15) is 21.4 Å². The van der Waals surface area contributed by atoms with E-state index in [1.165, 1.54) is 30.5 Å². The summed E-state index contributed by atoms with van der Waals surface area (Å²) in [7, 11) is -2.93. The van der Waals surface area contributed by atoms with Crippen molar-refractivity contribution in [2.75, 3.05) is 18.1 Å². The van der Waals surface area contributed by atoms with E-state index in [2.05, 4.69) is 15.3 Å². The van der Waals surface area contributed by atoms with E-state index in [0.717, 1.165) is 0 Å². The zero-order valence-corrected chi connectivity index (χ0v) is 14.0. The van der Waals surface area contributed by atoms with Crippen LogP contribution in [0.4, 0.5) is 10.3 Å². The van der Waals surface area contributed by atoms with Gasteiger partial charge in [-0.05, 0) is 43.0 Å². The second kappa shape index (κ2) is 6.72. The van der Waals surface area contributed by atoms with Gasteiger partial charge in [0, 0.05) is 25.1 Å². The number of benzene rings is 1. The van der Waals surface area contributed by atoms with Gasteiger partial charge in [0.05, 0.1) is 5.25 Å². The molecule has 6 nitrogen and oxygen atoms in total. The molecule has 8 heteroatoms. The molecular weight excluding hydrogens is 333 g/mol. The molecule has 1 heterocycles. The predicted octanol–water partition coefficient (Wildman–Crippen LogP) is 2.64. The molecule has 1 aliphatic carbocycles. The largest absolute Gasteiger partial charge is 0.439 e. The van der Waals surface area contributed by atoms with E-state index in [9.17, 15) is 12.8 Å². The molecule has 0 spiro atoms. The van der Waals surface area contributed by atoms with Gasteiger partial charge in [-0.1, -0.05) is 0 Å². The highest BCUT2D eigenvalue weighted by Crippen LogP contribution is 2.32. The molecule has 2 aromatic rings. The van der Waals surface area contributed by atoms with Gasteiger partial charge >= 0.3 is 0 Å². The molecule has 24 heavy (non-hydrogen) atoms. The molecule has 0 bridgehead atoms. The van der Waals surface area contributed by atoms with Gasteiger partial charge in [-0.25, -0.2) is 17.8 Å². The molecule has 3 rings (SSSR count). The highest BCUT2D eigenvalue weighted by Gasteiger charge is 2.35. The van der Waals surface area contributed by atoms with E-state index in [0.29, 0.717) is 42.9 Å². The Morgan fingerprint density at radius 2 is 1.96 bits per heavy atom. The highest BCUT2D eigenvalue weighted by molar-refractivity contribution is 7.91. The number of aromatic nitrogens is 2. The van der Waals surface area contributed by atoms with E-state index < -0.39 is 9.84 Å². The number of sulfone groups is 1. The summed E-state index contributed by atoms with van der Waals surface area (Å²) in [5.41, 5.74) is 0. The summed E-state index contributed by atoms with van der Waals surface area (Å²) in [6, 6.07) is 7.26. The monoisotopic (exact) mass is 351 g/mol. The first-order valence-electron chi connectivity index (χ1n) is 7.59. The van der Waals surface area contributed by atoms with Crippen molar-refractivity contribution in [2.45, 2.75) is 18.1 Å². The van der Waals surface area contributed by atoms with Crippen LogP contribution in [0.5, 0.6) is 11.6 Å². The van der Waals surface area contributed by atoms with Crippen LogP contribution >= 0.6 is 0 Å². The fraction of sp³-hybridized carbons (Fsp3) is 0.375. The average Bonchev–Trinajstić information content (AvgIpc) is 2.47. The molecule has 128 valence electrons. The lowest BCUT2D eigenvalue weighted by Gasteiger charge is -2.33. The van der Waals surface area contributed by atoms with Crippen molar-refractivity contribution >= 4 is 15.8 Å². The second-order valence-electron chi connectivity index (χ2n) is 5.94. The van der Waals surface area contributed by atoms with Crippen LogP contribution in [0.25, 0.3) is 0 Å². The molecule has 1 saturated carbocycles. The van der Waals surface area contributed by atoms with Crippen LogP contribution in [0.2, 0.25) is 0 Å². The van der Waals surface area contributed by atoms with Gasteiger partial charge in [0.2, 0.25) is 11.8 Å². The number of halogens is 1. The Kier molecular flexibility index (Phi) is 4.66. The molecule has 1 aliphatic rings. The lowest BCUT2D eigenvalue weighted by atomic mass is 9.85. The number of ether oxygens (including phenoxy) is 1. The lowest BCUT2D eigenvalue weighted by Crippen LogP contribution is -2.38. The minimum Gasteiger partial charge on any atom is -0.439 e. The van der Waals surface area contributed by atoms with Crippen molar-refractivity contribution in [3.63, 3.8) is 0 Å². The van der Waals surface area contributed by atoms with Crippen molar-refractivity contribution in [1.82, 2.24) is 9.97 Å². The van der Waals surface area contributed by atoms with Crippen molar-refractivity contribution in [2.24, 2.45) is 5.92 Å². The van der Waals surface area contributed by atoms with Gasteiger partial charge in [0.25, 0.3) is 0 Å². The van der Waals surface area contributed by atoms with Crippen LogP contribution in [-0.2, 0) is 9.84 Å². The summed E-state index contributed by atoms with van der Waals surface area (Å²) < 4.78 is 41.2. The number of hydrogen-bond acceptors (Lipinski definition) is 6. The molecule has 0 atom stereocenters. The van der Waals surface area contributed by atoms with Crippen LogP contribution < -0.4 is 10.1 Å². The molecule has 1 aromatic carbocycles. The van der Waals surface area contributed by atoms with Gasteiger partial charge in [0.15, 0.2) is 0 Å². The Bertz CT molecular complexity index is 806. The third-order valence-corrected chi connectivity index (χ3v) is 5.61. The minimum atomic E-state index is -2.93. The fourth-order valence-electron chi connectivity index (χ4n) is 2.53. The van der Waals surface area contributed by atoms with Crippen molar-refractivity contribution in [1.29, 1.82) is 0 Å². The summed E-state index contributed by atoms with van der Waals surface area (Å²) in [6.45, 7) is 0.617. The standard InChI is InChI=1S/C16H18FN3O3S/c1-24(21,22)14-8-11(9-14)10-19-16-18-7-6-15(20-16)23-13-4-2-12(17)3-5-13/h2-7,11,14H,8-10H2,1H3,(H,18,19,20). The Labute approximate surface area is 140 Å². The molecule has 0 radical (unpaired) electrons. The number of anilines is 1. The number of nitrogens with zero attached hydrogens (tertiary/aromatic N) is 2. The maximum atomic E-state index is 12.9. The molecule has 1 fully saturated rings. The molecule has 1 aromatic heterocycles. The fourth-order valence-corrected chi connectivity index (χ4v) is 3.78. The van der Waals surface area contributed by atoms with Crippen LogP contribution in [-0.4, -0.2) is 36.4 Å². The summed E-state index contributed by atoms with van der Waals surface area (Å²) in [4.78, 5) is 8.34. The Balaban J connectivity index is 1.53. The van der Waals surface area contributed by atoms with E-state index in [1.807, 2.05) is 0 Å². The van der Waals surface area contributed by atoms with Gasteiger partial charge in [-0.2, -0.15) is 4.98 Å². The summed E-state index contributed by atoms with van der Waals surface area (Å²) in [5, 5.41) is 2.87. The van der Waals surface area contributed by atoms with E-state index in [1.54, 1.807) is 12.3 Å². The van der Waals surface area contributed by atoms with Crippen molar-refractivity contribution in [3.8, 4) is 11.6 Å². The number of nitrogens with one attached hydrogen (secondary N) is 1. The van der Waals surface area contributed by atoms with Crippen molar-refractivity contribution in [3.05, 3.63) is 42.3 Å². The topological polar surface area (TPSA) is 81.2 Å². The molecule has 0 amide bonds.